The molecule has 2 rings (SSSR count). The summed E-state index contributed by atoms with van der Waals surface area (Å²) in [6.07, 6.45) is 5.06. The number of hydrogen-bond donors (Lipinski definition) is 1. The molecule has 2 aromatic carbocycles. The molecule has 2 aromatic rings. The molecule has 0 unspecified atom stereocenters. The van der Waals surface area contributed by atoms with Crippen LogP contribution in [0, 0.1) is 6.92 Å². The Kier molecular flexibility index (Phi) is 8.56. The fraction of sp³-hybridized carbons (Fsp3) is 0.391. The SMILES string of the molecule is CCCCCCOc1ccc(NC(=O)CCC(=O)c2ccc(C)cc2)cc1. The standard InChI is InChI=1S/C23H29NO3/c1-3-4-5-6-17-27-21-13-11-20(12-14-21)24-23(26)16-15-22(25)19-9-7-18(2)8-10-19/h7-14H,3-6,15-17H2,1-2H3,(H,24,26). The molecule has 0 fully saturated rings. The molecule has 1 N–H and O–H groups in total. The van der Waals surface area contributed by atoms with E-state index in [-0.39, 0.29) is 24.5 Å². The first-order valence-corrected chi connectivity index (χ1v) is 9.71. The number of benzene rings is 2. The lowest BCUT2D eigenvalue weighted by molar-refractivity contribution is -0.116. The summed E-state index contributed by atoms with van der Waals surface area (Å²) in [6.45, 7) is 4.88. The van der Waals surface area contributed by atoms with Gasteiger partial charge in [-0.2, -0.15) is 0 Å². The third-order valence-corrected chi connectivity index (χ3v) is 4.36. The van der Waals surface area contributed by atoms with E-state index >= 15 is 0 Å². The number of ketones is 1. The normalized spacial score (nSPS) is 10.4. The van der Waals surface area contributed by atoms with Gasteiger partial charge >= 0.3 is 0 Å². The number of Topliss-reactive ketones (excluding diaryl/α,β-unsaturated/α-hetero) is 1. The zero-order chi connectivity index (χ0) is 19.5. The average Bonchev–Trinajstić information content (AvgIpc) is 2.68. The molecule has 0 aliphatic carbocycles. The number of aryl methyl sites for hydroxylation is 1. The molecule has 144 valence electrons. The summed E-state index contributed by atoms with van der Waals surface area (Å²) in [7, 11) is 0. The van der Waals surface area contributed by atoms with Crippen molar-refractivity contribution in [1.29, 1.82) is 0 Å². The van der Waals surface area contributed by atoms with E-state index in [0.717, 1.165) is 17.7 Å². The summed E-state index contributed by atoms with van der Waals surface area (Å²) in [6, 6.07) is 14.8. The molecule has 0 saturated heterocycles. The van der Waals surface area contributed by atoms with Crippen LogP contribution in [0.4, 0.5) is 5.69 Å². The van der Waals surface area contributed by atoms with Crippen molar-refractivity contribution in [2.45, 2.75) is 52.4 Å². The second-order valence-corrected chi connectivity index (χ2v) is 6.77. The van der Waals surface area contributed by atoms with Crippen molar-refractivity contribution in [3.05, 3.63) is 59.7 Å². The smallest absolute Gasteiger partial charge is 0.224 e. The zero-order valence-electron chi connectivity index (χ0n) is 16.3. The van der Waals surface area contributed by atoms with Crippen LogP contribution < -0.4 is 10.1 Å². The van der Waals surface area contributed by atoms with Gasteiger partial charge in [0.15, 0.2) is 5.78 Å². The molecule has 0 radical (unpaired) electrons. The number of ether oxygens (including phenoxy) is 1. The third-order valence-electron chi connectivity index (χ3n) is 4.36. The first-order chi connectivity index (χ1) is 13.1. The van der Waals surface area contributed by atoms with Crippen molar-refractivity contribution < 1.29 is 14.3 Å². The Morgan fingerprint density at radius 2 is 1.59 bits per heavy atom. The molecule has 0 heterocycles. The van der Waals surface area contributed by atoms with Crippen LogP contribution >= 0.6 is 0 Å². The summed E-state index contributed by atoms with van der Waals surface area (Å²) in [5.41, 5.74) is 2.47. The molecule has 0 aromatic heterocycles. The molecule has 0 spiro atoms. The van der Waals surface area contributed by atoms with E-state index in [1.54, 1.807) is 12.1 Å². The van der Waals surface area contributed by atoms with Crippen LogP contribution in [0.25, 0.3) is 0 Å². The highest BCUT2D eigenvalue weighted by Gasteiger charge is 2.09. The molecule has 0 bridgehead atoms. The van der Waals surface area contributed by atoms with Crippen LogP contribution in [-0.4, -0.2) is 18.3 Å². The average molecular weight is 367 g/mol. The van der Waals surface area contributed by atoms with Crippen molar-refractivity contribution >= 4 is 17.4 Å². The fourth-order valence-corrected chi connectivity index (χ4v) is 2.69. The fourth-order valence-electron chi connectivity index (χ4n) is 2.69. The lowest BCUT2D eigenvalue weighted by Gasteiger charge is -2.08. The minimum Gasteiger partial charge on any atom is -0.494 e. The van der Waals surface area contributed by atoms with Crippen molar-refractivity contribution in [1.82, 2.24) is 0 Å². The van der Waals surface area contributed by atoms with Gasteiger partial charge in [-0.3, -0.25) is 9.59 Å². The lowest BCUT2D eigenvalue weighted by Crippen LogP contribution is -2.13. The first kappa shape index (κ1) is 20.7. The number of unbranched alkanes of at least 4 members (excludes halogenated alkanes) is 3. The molecule has 1 amide bonds. The Hall–Kier alpha value is -2.62. The van der Waals surface area contributed by atoms with E-state index in [0.29, 0.717) is 17.9 Å². The van der Waals surface area contributed by atoms with E-state index in [9.17, 15) is 9.59 Å². The van der Waals surface area contributed by atoms with Crippen molar-refractivity contribution in [2.24, 2.45) is 0 Å². The lowest BCUT2D eigenvalue weighted by atomic mass is 10.0. The van der Waals surface area contributed by atoms with Crippen LogP contribution in [0.3, 0.4) is 0 Å². The quantitative estimate of drug-likeness (QED) is 0.418. The molecular formula is C23H29NO3. The highest BCUT2D eigenvalue weighted by atomic mass is 16.5. The minimum absolute atomic E-state index is 0.0167. The van der Waals surface area contributed by atoms with Crippen LogP contribution in [-0.2, 0) is 4.79 Å². The molecule has 0 aliphatic heterocycles. The van der Waals surface area contributed by atoms with Gasteiger partial charge in [0, 0.05) is 24.1 Å². The van der Waals surface area contributed by atoms with Gasteiger partial charge in [0.05, 0.1) is 6.61 Å². The third kappa shape index (κ3) is 7.65. The van der Waals surface area contributed by atoms with Crippen molar-refractivity contribution in [3.8, 4) is 5.75 Å². The summed E-state index contributed by atoms with van der Waals surface area (Å²) in [5, 5.41) is 2.82. The summed E-state index contributed by atoms with van der Waals surface area (Å²) >= 11 is 0. The number of carbonyl (C=O) groups is 2. The van der Waals surface area contributed by atoms with Gasteiger partial charge in [-0.15, -0.1) is 0 Å². The Labute approximate surface area is 161 Å². The Morgan fingerprint density at radius 3 is 2.26 bits per heavy atom. The predicted molar refractivity (Wildman–Crippen MR) is 109 cm³/mol. The molecule has 0 atom stereocenters. The minimum atomic E-state index is -0.163. The number of amides is 1. The summed E-state index contributed by atoms with van der Waals surface area (Å²) in [5.74, 6) is 0.625. The van der Waals surface area contributed by atoms with Crippen LogP contribution in [0.2, 0.25) is 0 Å². The zero-order valence-corrected chi connectivity index (χ0v) is 16.3. The van der Waals surface area contributed by atoms with E-state index < -0.39 is 0 Å². The Bertz CT molecular complexity index is 720. The maximum atomic E-state index is 12.1. The molecule has 4 nitrogen and oxygen atoms in total. The maximum absolute atomic E-state index is 12.1. The van der Waals surface area contributed by atoms with E-state index in [4.69, 9.17) is 4.74 Å². The number of nitrogens with one attached hydrogen (secondary N) is 1. The Morgan fingerprint density at radius 1 is 0.889 bits per heavy atom. The van der Waals surface area contributed by atoms with E-state index in [2.05, 4.69) is 12.2 Å². The number of hydrogen-bond acceptors (Lipinski definition) is 3. The van der Waals surface area contributed by atoms with Crippen LogP contribution in [0.1, 0.15) is 61.4 Å². The summed E-state index contributed by atoms with van der Waals surface area (Å²) in [4.78, 5) is 24.2. The largest absolute Gasteiger partial charge is 0.494 e. The first-order valence-electron chi connectivity index (χ1n) is 9.71. The number of carbonyl (C=O) groups excluding carboxylic acids is 2. The predicted octanol–water partition coefficient (Wildman–Crippen LogP) is 5.56. The van der Waals surface area contributed by atoms with Gasteiger partial charge < -0.3 is 10.1 Å². The van der Waals surface area contributed by atoms with Crippen LogP contribution in [0.5, 0.6) is 5.75 Å². The number of rotatable bonds is 11. The van der Waals surface area contributed by atoms with Gasteiger partial charge in [0.25, 0.3) is 0 Å². The monoisotopic (exact) mass is 367 g/mol. The second kappa shape index (κ2) is 11.2. The Balaban J connectivity index is 1.72. The van der Waals surface area contributed by atoms with E-state index in [1.165, 1.54) is 19.3 Å². The van der Waals surface area contributed by atoms with Gasteiger partial charge in [0.2, 0.25) is 5.91 Å². The highest BCUT2D eigenvalue weighted by Crippen LogP contribution is 2.17. The topological polar surface area (TPSA) is 55.4 Å². The molecule has 27 heavy (non-hydrogen) atoms. The summed E-state index contributed by atoms with van der Waals surface area (Å²) < 4.78 is 5.69. The van der Waals surface area contributed by atoms with Crippen molar-refractivity contribution in [3.63, 3.8) is 0 Å². The highest BCUT2D eigenvalue weighted by molar-refractivity contribution is 6.00. The van der Waals surface area contributed by atoms with Crippen LogP contribution in [0.15, 0.2) is 48.5 Å². The molecule has 0 saturated carbocycles. The van der Waals surface area contributed by atoms with Crippen molar-refractivity contribution in [2.75, 3.05) is 11.9 Å². The molecule has 4 heteroatoms. The van der Waals surface area contributed by atoms with Gasteiger partial charge in [-0.25, -0.2) is 0 Å². The van der Waals surface area contributed by atoms with Gasteiger partial charge in [0.1, 0.15) is 5.75 Å². The second-order valence-electron chi connectivity index (χ2n) is 6.77. The van der Waals surface area contributed by atoms with Gasteiger partial charge in [-0.05, 0) is 37.6 Å². The molecular weight excluding hydrogens is 338 g/mol. The van der Waals surface area contributed by atoms with E-state index in [1.807, 2.05) is 43.3 Å². The molecule has 0 aliphatic rings. The van der Waals surface area contributed by atoms with Gasteiger partial charge in [-0.1, -0.05) is 56.0 Å². The number of anilines is 1. The maximum Gasteiger partial charge on any atom is 0.224 e.